The lowest BCUT2D eigenvalue weighted by Crippen LogP contribution is -2.61. The van der Waals surface area contributed by atoms with Gasteiger partial charge in [-0.1, -0.05) is 47.5 Å². The van der Waals surface area contributed by atoms with Gasteiger partial charge in [0.25, 0.3) is 0 Å². The number of morpholine rings is 1. The molecule has 0 aliphatic carbocycles. The molecule has 2 unspecified atom stereocenters. The molecule has 2 saturated heterocycles. The van der Waals surface area contributed by atoms with E-state index >= 15 is 0 Å². The van der Waals surface area contributed by atoms with Gasteiger partial charge in [-0.05, 0) is 56.2 Å². The lowest BCUT2D eigenvalue weighted by molar-refractivity contribution is -0.123. The van der Waals surface area contributed by atoms with Gasteiger partial charge in [0.05, 0.1) is 25.4 Å². The van der Waals surface area contributed by atoms with Crippen molar-refractivity contribution in [2.45, 2.75) is 31.8 Å². The molecule has 3 aliphatic heterocycles. The fraction of sp³-hybridized carbons (Fsp3) is 0.406. The van der Waals surface area contributed by atoms with Crippen molar-refractivity contribution in [3.05, 3.63) is 81.5 Å². The number of urea groups is 1. The molecule has 3 aliphatic rings. The Morgan fingerprint density at radius 1 is 1.00 bits per heavy atom. The number of amidine groups is 1. The Labute approximate surface area is 272 Å². The number of halogens is 2. The minimum absolute atomic E-state index is 0.0816. The molecule has 11 nitrogen and oxygen atoms in total. The summed E-state index contributed by atoms with van der Waals surface area (Å²) < 4.78 is 11.6. The van der Waals surface area contributed by atoms with E-state index < -0.39 is 11.1 Å². The van der Waals surface area contributed by atoms with E-state index in [4.69, 9.17) is 47.6 Å². The quantitative estimate of drug-likeness (QED) is 0.419. The molecule has 6 rings (SSSR count). The van der Waals surface area contributed by atoms with E-state index in [9.17, 15) is 9.59 Å². The first-order valence-corrected chi connectivity index (χ1v) is 15.7. The number of nitrogens with zero attached hydrogens (tertiary/aromatic N) is 6. The highest BCUT2D eigenvalue weighted by atomic mass is 35.5. The van der Waals surface area contributed by atoms with Gasteiger partial charge in [0.1, 0.15) is 23.5 Å². The summed E-state index contributed by atoms with van der Waals surface area (Å²) in [5.74, 6) is 0.920. The van der Waals surface area contributed by atoms with Crippen LogP contribution in [0, 0.1) is 0 Å². The molecule has 2 atom stereocenters. The molecule has 1 N–H and O–H groups in total. The Bertz CT molecular complexity index is 1610. The number of carbonyl (C=O) groups excluding carboxylic acids is 2. The second-order valence-electron chi connectivity index (χ2n) is 11.4. The van der Waals surface area contributed by atoms with Crippen LogP contribution in [0.2, 0.25) is 10.0 Å². The first-order valence-electron chi connectivity index (χ1n) is 15.0. The molecule has 3 amide bonds. The zero-order valence-corrected chi connectivity index (χ0v) is 26.9. The Morgan fingerprint density at radius 2 is 1.64 bits per heavy atom. The highest BCUT2D eigenvalue weighted by Crippen LogP contribution is 2.54. The third-order valence-corrected chi connectivity index (χ3v) is 9.31. The molecule has 13 heteroatoms. The zero-order chi connectivity index (χ0) is 31.8. The number of anilines is 1. The van der Waals surface area contributed by atoms with Crippen molar-refractivity contribution in [3.8, 4) is 5.88 Å². The van der Waals surface area contributed by atoms with E-state index in [-0.39, 0.29) is 18.5 Å². The molecule has 2 fully saturated rings. The molecular formula is C32H35Cl2N7O4. The van der Waals surface area contributed by atoms with E-state index in [0.717, 1.165) is 11.1 Å². The minimum atomic E-state index is -1.11. The van der Waals surface area contributed by atoms with E-state index in [1.165, 1.54) is 0 Å². The lowest BCUT2D eigenvalue weighted by Gasteiger charge is -2.46. The standard InChI is InChI=1S/C32H35Cl2N7O4/c1-4-45-28-25(19-36-29(37-28)39-15-17-44-18-16-39)27-38-31(2,21-5-9-23(33)10-6-21)32(3,22-7-11-24(34)12-8-22)41(27)30(43)40-14-13-35-26(42)20-40/h5-12,19H,4,13-18,20H2,1-3H3,(H,35,42). The fourth-order valence-electron chi connectivity index (χ4n) is 6.18. The van der Waals surface area contributed by atoms with E-state index in [0.29, 0.717) is 79.3 Å². The molecule has 4 heterocycles. The molecule has 0 spiro atoms. The third kappa shape index (κ3) is 5.57. The first kappa shape index (κ1) is 31.1. The predicted octanol–water partition coefficient (Wildman–Crippen LogP) is 4.46. The molecule has 236 valence electrons. The SMILES string of the molecule is CCOc1nc(N2CCOCC2)ncc1C1=NC(C)(c2ccc(Cl)cc2)C(C)(c2ccc(Cl)cc2)N1C(=O)N1CCNC(=O)C1. The van der Waals surface area contributed by atoms with Gasteiger partial charge in [-0.15, -0.1) is 0 Å². The summed E-state index contributed by atoms with van der Waals surface area (Å²) in [7, 11) is 0. The largest absolute Gasteiger partial charge is 0.477 e. The topological polar surface area (TPSA) is 112 Å². The van der Waals surface area contributed by atoms with Crippen LogP contribution in [0.4, 0.5) is 10.7 Å². The maximum atomic E-state index is 14.8. The average Bonchev–Trinajstić information content (AvgIpc) is 3.29. The third-order valence-electron chi connectivity index (χ3n) is 8.81. The maximum absolute atomic E-state index is 14.8. The number of benzene rings is 2. The van der Waals surface area contributed by atoms with Gasteiger partial charge in [0.15, 0.2) is 0 Å². The summed E-state index contributed by atoms with van der Waals surface area (Å²) in [5, 5.41) is 3.95. The van der Waals surface area contributed by atoms with Crippen molar-refractivity contribution in [1.82, 2.24) is 25.1 Å². The normalized spacial score (nSPS) is 23.5. The maximum Gasteiger partial charge on any atom is 0.327 e. The molecule has 1 aromatic heterocycles. The predicted molar refractivity (Wildman–Crippen MR) is 172 cm³/mol. The van der Waals surface area contributed by atoms with E-state index in [1.807, 2.05) is 62.1 Å². The van der Waals surface area contributed by atoms with Gasteiger partial charge < -0.3 is 24.6 Å². The van der Waals surface area contributed by atoms with Crippen LogP contribution in [-0.2, 0) is 20.6 Å². The highest BCUT2D eigenvalue weighted by molar-refractivity contribution is 6.30. The molecule has 0 radical (unpaired) electrons. The van der Waals surface area contributed by atoms with Crippen LogP contribution in [0.15, 0.2) is 59.7 Å². The van der Waals surface area contributed by atoms with Crippen LogP contribution in [0.3, 0.4) is 0 Å². The van der Waals surface area contributed by atoms with Gasteiger partial charge >= 0.3 is 6.03 Å². The second kappa shape index (κ2) is 12.5. The van der Waals surface area contributed by atoms with Crippen LogP contribution in [0.5, 0.6) is 5.88 Å². The molecule has 3 aromatic rings. The van der Waals surface area contributed by atoms with Crippen LogP contribution >= 0.6 is 23.2 Å². The number of carbonyl (C=O) groups is 2. The summed E-state index contributed by atoms with van der Waals surface area (Å²) >= 11 is 12.7. The molecule has 45 heavy (non-hydrogen) atoms. The zero-order valence-electron chi connectivity index (χ0n) is 25.4. The number of aromatic nitrogens is 2. The molecule has 0 saturated carbocycles. The van der Waals surface area contributed by atoms with Gasteiger partial charge in [0.2, 0.25) is 17.7 Å². The molecular weight excluding hydrogens is 617 g/mol. The Hall–Kier alpha value is -3.93. The molecule has 2 aromatic carbocycles. The van der Waals surface area contributed by atoms with Crippen LogP contribution < -0.4 is 15.0 Å². The summed E-state index contributed by atoms with van der Waals surface area (Å²) in [6.45, 7) is 9.24. The lowest BCUT2D eigenvalue weighted by atomic mass is 9.71. The van der Waals surface area contributed by atoms with Crippen LogP contribution in [-0.4, -0.2) is 90.1 Å². The van der Waals surface area contributed by atoms with Gasteiger partial charge in [-0.2, -0.15) is 4.98 Å². The highest BCUT2D eigenvalue weighted by Gasteiger charge is 2.60. The first-order chi connectivity index (χ1) is 21.7. The van der Waals surface area contributed by atoms with Crippen LogP contribution in [0.1, 0.15) is 37.5 Å². The van der Waals surface area contributed by atoms with Gasteiger partial charge in [-0.25, -0.2) is 9.78 Å². The number of aliphatic imine (C=N–C) groups is 1. The number of rotatable bonds is 6. The minimum Gasteiger partial charge on any atom is -0.477 e. The van der Waals surface area contributed by atoms with E-state index in [2.05, 4.69) is 5.32 Å². The van der Waals surface area contributed by atoms with Gasteiger partial charge in [0, 0.05) is 42.4 Å². The van der Waals surface area contributed by atoms with Crippen molar-refractivity contribution in [1.29, 1.82) is 0 Å². The van der Waals surface area contributed by atoms with E-state index in [1.54, 1.807) is 28.1 Å². The van der Waals surface area contributed by atoms with Gasteiger partial charge in [-0.3, -0.25) is 14.7 Å². The summed E-state index contributed by atoms with van der Waals surface area (Å²) in [4.78, 5) is 47.4. The average molecular weight is 653 g/mol. The Morgan fingerprint density at radius 3 is 2.27 bits per heavy atom. The van der Waals surface area contributed by atoms with Crippen molar-refractivity contribution in [3.63, 3.8) is 0 Å². The summed E-state index contributed by atoms with van der Waals surface area (Å²) in [5.41, 5.74) is -0.0699. The summed E-state index contributed by atoms with van der Waals surface area (Å²) in [6.07, 6.45) is 1.67. The van der Waals surface area contributed by atoms with Crippen molar-refractivity contribution in [2.24, 2.45) is 4.99 Å². The Balaban J connectivity index is 1.58. The van der Waals surface area contributed by atoms with Crippen LogP contribution in [0.25, 0.3) is 0 Å². The smallest absolute Gasteiger partial charge is 0.327 e. The van der Waals surface area contributed by atoms with Crippen molar-refractivity contribution < 1.29 is 19.1 Å². The number of amides is 3. The molecule has 0 bridgehead atoms. The number of hydrogen-bond acceptors (Lipinski definition) is 8. The number of ether oxygens (including phenoxy) is 2. The Kier molecular flexibility index (Phi) is 8.60. The monoisotopic (exact) mass is 651 g/mol. The second-order valence-corrected chi connectivity index (χ2v) is 12.3. The number of nitrogens with one attached hydrogen (secondary N) is 1. The number of hydrogen-bond donors (Lipinski definition) is 1. The summed E-state index contributed by atoms with van der Waals surface area (Å²) in [6, 6.07) is 14.5. The van der Waals surface area contributed by atoms with Crippen molar-refractivity contribution in [2.75, 3.05) is 57.4 Å². The van der Waals surface area contributed by atoms with Crippen molar-refractivity contribution >= 4 is 46.9 Å². The fourth-order valence-corrected chi connectivity index (χ4v) is 6.44. The number of piperazine rings is 1.